The number of hydrogen-bond donors (Lipinski definition) is 7. The zero-order chi connectivity index (χ0) is 17.9. The van der Waals surface area contributed by atoms with Crippen molar-refractivity contribution in [3.63, 3.8) is 0 Å². The summed E-state index contributed by atoms with van der Waals surface area (Å²) in [6.07, 6.45) is -0.773. The molecule has 0 spiro atoms. The van der Waals surface area contributed by atoms with Crippen LogP contribution >= 0.6 is 7.75 Å². The highest BCUT2D eigenvalue weighted by Gasteiger charge is 2.23. The van der Waals surface area contributed by atoms with Crippen molar-refractivity contribution in [1.82, 2.24) is 0 Å². The second-order valence-electron chi connectivity index (χ2n) is 5.31. The Labute approximate surface area is 137 Å². The first-order chi connectivity index (χ1) is 11.2. The van der Waals surface area contributed by atoms with Crippen LogP contribution in [0.3, 0.4) is 0 Å². The lowest BCUT2D eigenvalue weighted by molar-refractivity contribution is 0.165. The van der Waals surface area contributed by atoms with Gasteiger partial charge < -0.3 is 30.2 Å². The van der Waals surface area contributed by atoms with E-state index >= 15 is 0 Å². The van der Waals surface area contributed by atoms with E-state index < -0.39 is 25.3 Å². The number of phenols is 3. The second-order valence-corrected chi connectivity index (χ2v) is 6.62. The van der Waals surface area contributed by atoms with Crippen LogP contribution < -0.4 is 5.09 Å². The smallest absolute Gasteiger partial charge is 0.427 e. The first-order valence-electron chi connectivity index (χ1n) is 7.01. The summed E-state index contributed by atoms with van der Waals surface area (Å²) in [5, 5.41) is 41.0. The molecule has 0 aliphatic heterocycles. The number of aliphatic hydroxyl groups is 1. The Morgan fingerprint density at radius 1 is 1.04 bits per heavy atom. The summed E-state index contributed by atoms with van der Waals surface area (Å²) in [6.45, 7) is 0. The Balaban J connectivity index is 2.24. The van der Waals surface area contributed by atoms with Gasteiger partial charge in [-0.1, -0.05) is 12.1 Å². The molecular weight excluding hydrogens is 337 g/mol. The Bertz CT molecular complexity index is 774. The third-order valence-electron chi connectivity index (χ3n) is 3.36. The minimum atomic E-state index is -4.69. The summed E-state index contributed by atoms with van der Waals surface area (Å²) in [5.41, 5.74) is 0.359. The van der Waals surface area contributed by atoms with Gasteiger partial charge in [-0.15, -0.1) is 0 Å². The highest BCUT2D eigenvalue weighted by Crippen LogP contribution is 2.43. The quantitative estimate of drug-likeness (QED) is 0.389. The molecule has 0 saturated heterocycles. The van der Waals surface area contributed by atoms with Gasteiger partial charge in [0.2, 0.25) is 0 Å². The standard InChI is InChI=1S/C15H18NO7P/c17-10-3-1-2-9(6-10)4-5-13(19)15-12(16-24(21,22)23)7-11(18)8-14(15)20/h1-3,6-8,13,17-20H,4-5H2,(H3,16,21,22,23). The van der Waals surface area contributed by atoms with Gasteiger partial charge in [0.25, 0.3) is 0 Å². The highest BCUT2D eigenvalue weighted by atomic mass is 31.2. The number of rotatable bonds is 6. The molecular formula is C15H18NO7P. The van der Waals surface area contributed by atoms with E-state index in [0.717, 1.165) is 17.7 Å². The van der Waals surface area contributed by atoms with E-state index in [9.17, 15) is 25.0 Å². The van der Waals surface area contributed by atoms with Crippen LogP contribution in [-0.4, -0.2) is 30.2 Å². The number of phenolic OH excluding ortho intramolecular Hbond substituents is 3. The molecule has 0 aliphatic carbocycles. The number of nitrogens with one attached hydrogen (secondary N) is 1. The molecule has 0 amide bonds. The molecule has 1 unspecified atom stereocenters. The molecule has 0 bridgehead atoms. The molecule has 24 heavy (non-hydrogen) atoms. The molecule has 8 nitrogen and oxygen atoms in total. The van der Waals surface area contributed by atoms with Gasteiger partial charge in [0.1, 0.15) is 17.2 Å². The molecule has 1 atom stereocenters. The summed E-state index contributed by atoms with van der Waals surface area (Å²) >= 11 is 0. The largest absolute Gasteiger partial charge is 0.508 e. The minimum absolute atomic E-state index is 0.0818. The third-order valence-corrected chi connectivity index (χ3v) is 3.89. The zero-order valence-corrected chi connectivity index (χ0v) is 13.4. The molecule has 2 aromatic rings. The van der Waals surface area contributed by atoms with Crippen molar-refractivity contribution < 1.29 is 34.8 Å². The van der Waals surface area contributed by atoms with Crippen LogP contribution in [0.5, 0.6) is 17.2 Å². The van der Waals surface area contributed by atoms with Crippen LogP contribution in [0, 0.1) is 0 Å². The fourth-order valence-corrected chi connectivity index (χ4v) is 2.88. The van der Waals surface area contributed by atoms with Crippen LogP contribution in [0.1, 0.15) is 23.7 Å². The molecule has 0 aromatic heterocycles. The van der Waals surface area contributed by atoms with Crippen LogP contribution in [0.4, 0.5) is 5.69 Å². The second kappa shape index (κ2) is 7.11. The van der Waals surface area contributed by atoms with Gasteiger partial charge in [0.05, 0.1) is 11.8 Å². The number of hydrogen-bond acceptors (Lipinski definition) is 5. The normalized spacial score (nSPS) is 12.8. The zero-order valence-electron chi connectivity index (χ0n) is 12.5. The maximum Gasteiger partial charge on any atom is 0.427 e. The predicted molar refractivity (Wildman–Crippen MR) is 86.8 cm³/mol. The SMILES string of the molecule is O=P(O)(O)Nc1cc(O)cc(O)c1C(O)CCc1cccc(O)c1. The molecule has 2 aromatic carbocycles. The average Bonchev–Trinajstić information content (AvgIpc) is 2.42. The van der Waals surface area contributed by atoms with Crippen molar-refractivity contribution in [2.75, 3.05) is 5.09 Å². The van der Waals surface area contributed by atoms with Gasteiger partial charge in [-0.3, -0.25) is 5.09 Å². The van der Waals surface area contributed by atoms with Gasteiger partial charge in [-0.25, -0.2) is 4.57 Å². The van der Waals surface area contributed by atoms with Gasteiger partial charge in [0, 0.05) is 17.7 Å². The van der Waals surface area contributed by atoms with Crippen LogP contribution in [-0.2, 0) is 11.0 Å². The third kappa shape index (κ3) is 4.87. The molecule has 0 fully saturated rings. The monoisotopic (exact) mass is 355 g/mol. The van der Waals surface area contributed by atoms with Crippen molar-refractivity contribution in [1.29, 1.82) is 0 Å². The van der Waals surface area contributed by atoms with Crippen molar-refractivity contribution >= 4 is 13.4 Å². The number of benzene rings is 2. The molecule has 0 radical (unpaired) electrons. The van der Waals surface area contributed by atoms with E-state index in [2.05, 4.69) is 0 Å². The van der Waals surface area contributed by atoms with Crippen LogP contribution in [0.15, 0.2) is 36.4 Å². The van der Waals surface area contributed by atoms with E-state index in [1.807, 2.05) is 5.09 Å². The van der Waals surface area contributed by atoms with Crippen molar-refractivity contribution in [3.05, 3.63) is 47.5 Å². The topological polar surface area (TPSA) is 150 Å². The number of anilines is 1. The van der Waals surface area contributed by atoms with Crippen molar-refractivity contribution in [2.45, 2.75) is 18.9 Å². The lowest BCUT2D eigenvalue weighted by Gasteiger charge is -2.19. The van der Waals surface area contributed by atoms with Crippen molar-refractivity contribution in [2.24, 2.45) is 0 Å². The number of aryl methyl sites for hydroxylation is 1. The van der Waals surface area contributed by atoms with Crippen molar-refractivity contribution in [3.8, 4) is 17.2 Å². The average molecular weight is 355 g/mol. The summed E-state index contributed by atoms with van der Waals surface area (Å²) in [7, 11) is -4.69. The van der Waals surface area contributed by atoms with E-state index in [0.29, 0.717) is 6.42 Å². The molecule has 130 valence electrons. The van der Waals surface area contributed by atoms with E-state index in [4.69, 9.17) is 9.79 Å². The maximum absolute atomic E-state index is 11.1. The summed E-state index contributed by atoms with van der Waals surface area (Å²) in [6, 6.07) is 8.41. The number of aromatic hydroxyl groups is 3. The first-order valence-corrected chi connectivity index (χ1v) is 8.62. The molecule has 0 heterocycles. The Hall–Kier alpha value is -2.25. The van der Waals surface area contributed by atoms with E-state index in [-0.39, 0.29) is 23.4 Å². The van der Waals surface area contributed by atoms with Gasteiger partial charge in [-0.05, 0) is 30.5 Å². The Kier molecular flexibility index (Phi) is 5.36. The van der Waals surface area contributed by atoms with Crippen LogP contribution in [0.2, 0.25) is 0 Å². The molecule has 2 rings (SSSR count). The fourth-order valence-electron chi connectivity index (χ4n) is 2.38. The van der Waals surface area contributed by atoms with E-state index in [1.54, 1.807) is 12.1 Å². The molecule has 0 aliphatic rings. The Morgan fingerprint density at radius 2 is 1.75 bits per heavy atom. The van der Waals surface area contributed by atoms with Gasteiger partial charge in [0.15, 0.2) is 0 Å². The first kappa shape index (κ1) is 18.1. The highest BCUT2D eigenvalue weighted by molar-refractivity contribution is 7.53. The van der Waals surface area contributed by atoms with Crippen LogP contribution in [0.25, 0.3) is 0 Å². The Morgan fingerprint density at radius 3 is 2.38 bits per heavy atom. The maximum atomic E-state index is 11.1. The minimum Gasteiger partial charge on any atom is -0.508 e. The van der Waals surface area contributed by atoms with Gasteiger partial charge >= 0.3 is 7.75 Å². The summed E-state index contributed by atoms with van der Waals surface area (Å²) in [5.74, 6) is -0.819. The fraction of sp³-hybridized carbons (Fsp3) is 0.200. The lowest BCUT2D eigenvalue weighted by Crippen LogP contribution is -2.06. The summed E-state index contributed by atoms with van der Waals surface area (Å²) in [4.78, 5) is 18.0. The molecule has 0 saturated carbocycles. The van der Waals surface area contributed by atoms with Gasteiger partial charge in [-0.2, -0.15) is 0 Å². The summed E-state index contributed by atoms with van der Waals surface area (Å²) < 4.78 is 11.1. The molecule has 7 N–H and O–H groups in total. The molecule has 9 heteroatoms. The predicted octanol–water partition coefficient (Wildman–Crippen LogP) is 1.97. The van der Waals surface area contributed by atoms with E-state index in [1.165, 1.54) is 12.1 Å². The lowest BCUT2D eigenvalue weighted by atomic mass is 9.99. The number of aliphatic hydroxyl groups excluding tert-OH is 1.